The topological polar surface area (TPSA) is 67.4 Å². The van der Waals surface area contributed by atoms with E-state index in [9.17, 15) is 8.42 Å². The van der Waals surface area contributed by atoms with Crippen LogP contribution in [0.2, 0.25) is 0 Å². The van der Waals surface area contributed by atoms with Gasteiger partial charge < -0.3 is 10.1 Å². The lowest BCUT2D eigenvalue weighted by atomic mass is 9.80. The number of methoxy groups -OCH3 is 1. The van der Waals surface area contributed by atoms with E-state index in [0.29, 0.717) is 13.2 Å². The first-order chi connectivity index (χ1) is 10.4. The van der Waals surface area contributed by atoms with Crippen molar-refractivity contribution < 1.29 is 13.2 Å². The zero-order valence-electron chi connectivity index (χ0n) is 13.8. The number of hydrogen-bond donors (Lipinski definition) is 2. The van der Waals surface area contributed by atoms with Crippen molar-refractivity contribution in [2.24, 2.45) is 5.41 Å². The van der Waals surface area contributed by atoms with Crippen LogP contribution in [-0.4, -0.2) is 41.8 Å². The van der Waals surface area contributed by atoms with E-state index in [1.165, 1.54) is 0 Å². The number of aryl methyl sites for hydroxylation is 1. The van der Waals surface area contributed by atoms with Crippen LogP contribution in [0.25, 0.3) is 0 Å². The van der Waals surface area contributed by atoms with Gasteiger partial charge in [0.15, 0.2) is 0 Å². The van der Waals surface area contributed by atoms with Crippen LogP contribution in [0.1, 0.15) is 24.0 Å². The summed E-state index contributed by atoms with van der Waals surface area (Å²) in [5, 5.41) is 3.31. The Morgan fingerprint density at radius 3 is 2.61 bits per heavy atom. The van der Waals surface area contributed by atoms with E-state index in [4.69, 9.17) is 4.74 Å². The molecule has 7 heteroatoms. The van der Waals surface area contributed by atoms with Crippen LogP contribution in [0, 0.1) is 12.3 Å². The number of piperidine rings is 1. The Morgan fingerprint density at radius 2 is 2.00 bits per heavy atom. The molecule has 0 radical (unpaired) electrons. The van der Waals surface area contributed by atoms with Crippen LogP contribution >= 0.6 is 12.4 Å². The average molecular weight is 363 g/mol. The molecule has 2 N–H and O–H groups in total. The minimum atomic E-state index is -3.33. The minimum Gasteiger partial charge on any atom is -0.384 e. The molecular weight excluding hydrogens is 336 g/mol. The van der Waals surface area contributed by atoms with Gasteiger partial charge in [0.1, 0.15) is 0 Å². The predicted molar refractivity (Wildman–Crippen MR) is 95.5 cm³/mol. The zero-order valence-corrected chi connectivity index (χ0v) is 15.4. The molecule has 5 nitrogen and oxygen atoms in total. The van der Waals surface area contributed by atoms with Crippen LogP contribution in [0.15, 0.2) is 24.3 Å². The van der Waals surface area contributed by atoms with Crippen molar-refractivity contribution in [3.8, 4) is 0 Å². The molecule has 0 saturated carbocycles. The first-order valence-electron chi connectivity index (χ1n) is 7.67. The smallest absolute Gasteiger partial charge is 0.215 e. The van der Waals surface area contributed by atoms with Gasteiger partial charge in [0, 0.05) is 19.1 Å². The maximum absolute atomic E-state index is 12.3. The van der Waals surface area contributed by atoms with Crippen molar-refractivity contribution in [2.45, 2.75) is 25.5 Å². The molecule has 132 valence electrons. The third kappa shape index (κ3) is 6.39. The molecule has 1 aliphatic heterocycles. The summed E-state index contributed by atoms with van der Waals surface area (Å²) in [6, 6.07) is 7.61. The fraction of sp³-hybridized carbons (Fsp3) is 0.625. The molecule has 1 aromatic carbocycles. The van der Waals surface area contributed by atoms with Crippen molar-refractivity contribution in [3.05, 3.63) is 35.4 Å². The summed E-state index contributed by atoms with van der Waals surface area (Å²) in [4.78, 5) is 0. The van der Waals surface area contributed by atoms with E-state index in [1.807, 2.05) is 31.2 Å². The van der Waals surface area contributed by atoms with E-state index < -0.39 is 10.0 Å². The molecule has 0 amide bonds. The summed E-state index contributed by atoms with van der Waals surface area (Å²) in [5.74, 6) is 0.0238. The second kappa shape index (κ2) is 8.99. The number of nitrogens with one attached hydrogen (secondary N) is 2. The molecule has 1 aromatic rings. The van der Waals surface area contributed by atoms with Crippen LogP contribution in [-0.2, 0) is 20.5 Å². The molecule has 2 rings (SSSR count). The van der Waals surface area contributed by atoms with Gasteiger partial charge in [-0.05, 0) is 38.4 Å². The van der Waals surface area contributed by atoms with Crippen molar-refractivity contribution in [1.82, 2.24) is 10.0 Å². The fourth-order valence-corrected chi connectivity index (χ4v) is 4.22. The standard InChI is InChI=1S/C16H26N2O3S.ClH/c1-14-4-3-5-15(10-14)11-22(19,20)18-12-16(13-21-2)6-8-17-9-7-16;/h3-5,10,17-18H,6-9,11-13H2,1-2H3;1H. The number of benzene rings is 1. The molecule has 0 aromatic heterocycles. The highest BCUT2D eigenvalue weighted by molar-refractivity contribution is 7.88. The number of hydrogen-bond acceptors (Lipinski definition) is 4. The highest BCUT2D eigenvalue weighted by Crippen LogP contribution is 2.28. The molecule has 1 heterocycles. The summed E-state index contributed by atoms with van der Waals surface area (Å²) >= 11 is 0. The lowest BCUT2D eigenvalue weighted by Crippen LogP contribution is -2.47. The Labute approximate surface area is 145 Å². The van der Waals surface area contributed by atoms with Crippen molar-refractivity contribution >= 4 is 22.4 Å². The van der Waals surface area contributed by atoms with E-state index in [-0.39, 0.29) is 23.6 Å². The van der Waals surface area contributed by atoms with Gasteiger partial charge in [-0.3, -0.25) is 0 Å². The Kier molecular flexibility index (Phi) is 7.97. The SMILES string of the molecule is COCC1(CNS(=O)(=O)Cc2cccc(C)c2)CCNCC1.Cl. The molecule has 0 atom stereocenters. The second-order valence-corrected chi connectivity index (χ2v) is 8.06. The number of sulfonamides is 1. The normalized spacial score (nSPS) is 17.5. The number of rotatable bonds is 7. The van der Waals surface area contributed by atoms with Gasteiger partial charge in [-0.25, -0.2) is 13.1 Å². The van der Waals surface area contributed by atoms with Gasteiger partial charge in [-0.2, -0.15) is 0 Å². The molecule has 0 unspecified atom stereocenters. The van der Waals surface area contributed by atoms with Crippen molar-refractivity contribution in [1.29, 1.82) is 0 Å². The maximum Gasteiger partial charge on any atom is 0.215 e. The fourth-order valence-electron chi connectivity index (χ4n) is 2.97. The molecule has 1 aliphatic rings. The average Bonchev–Trinajstić information content (AvgIpc) is 2.46. The van der Waals surface area contributed by atoms with Crippen LogP contribution < -0.4 is 10.0 Å². The Bertz CT molecular complexity index is 581. The lowest BCUT2D eigenvalue weighted by Gasteiger charge is -2.37. The number of ether oxygens (including phenoxy) is 1. The van der Waals surface area contributed by atoms with E-state index in [0.717, 1.165) is 37.1 Å². The summed E-state index contributed by atoms with van der Waals surface area (Å²) in [5.41, 5.74) is 1.79. The quantitative estimate of drug-likeness (QED) is 0.776. The third-order valence-electron chi connectivity index (χ3n) is 4.22. The molecular formula is C16H27ClN2O3S. The van der Waals surface area contributed by atoms with Crippen molar-refractivity contribution in [3.63, 3.8) is 0 Å². The zero-order chi connectivity index (χ0) is 16.1. The second-order valence-electron chi connectivity index (χ2n) is 6.25. The van der Waals surface area contributed by atoms with Crippen molar-refractivity contribution in [2.75, 3.05) is 33.4 Å². The first-order valence-corrected chi connectivity index (χ1v) is 9.33. The summed E-state index contributed by atoms with van der Waals surface area (Å²) in [7, 11) is -1.66. The predicted octanol–water partition coefficient (Wildman–Crippen LogP) is 1.85. The molecule has 23 heavy (non-hydrogen) atoms. The number of halogens is 1. The lowest BCUT2D eigenvalue weighted by molar-refractivity contribution is 0.0577. The van der Waals surface area contributed by atoms with Gasteiger partial charge in [0.2, 0.25) is 10.0 Å². The van der Waals surface area contributed by atoms with Crippen LogP contribution in [0.5, 0.6) is 0 Å². The van der Waals surface area contributed by atoms with Crippen LogP contribution in [0.3, 0.4) is 0 Å². The first kappa shape index (κ1) is 20.4. The molecule has 1 fully saturated rings. The maximum atomic E-state index is 12.3. The van der Waals surface area contributed by atoms with Gasteiger partial charge in [-0.15, -0.1) is 12.4 Å². The molecule has 0 spiro atoms. The third-order valence-corrected chi connectivity index (χ3v) is 5.52. The minimum absolute atomic E-state index is 0. The monoisotopic (exact) mass is 362 g/mol. The van der Waals surface area contributed by atoms with E-state index >= 15 is 0 Å². The van der Waals surface area contributed by atoms with Gasteiger partial charge in [0.25, 0.3) is 0 Å². The Hall–Kier alpha value is -0.660. The Morgan fingerprint density at radius 1 is 1.30 bits per heavy atom. The molecule has 1 saturated heterocycles. The summed E-state index contributed by atoms with van der Waals surface area (Å²) in [6.45, 7) is 4.80. The van der Waals surface area contributed by atoms with Crippen LogP contribution in [0.4, 0.5) is 0 Å². The van der Waals surface area contributed by atoms with Gasteiger partial charge in [-0.1, -0.05) is 29.8 Å². The highest BCUT2D eigenvalue weighted by Gasteiger charge is 2.33. The summed E-state index contributed by atoms with van der Waals surface area (Å²) in [6.07, 6.45) is 1.85. The highest BCUT2D eigenvalue weighted by atomic mass is 35.5. The molecule has 0 aliphatic carbocycles. The van der Waals surface area contributed by atoms with Gasteiger partial charge >= 0.3 is 0 Å². The summed E-state index contributed by atoms with van der Waals surface area (Å²) < 4.78 is 32.8. The molecule has 0 bridgehead atoms. The largest absolute Gasteiger partial charge is 0.384 e. The van der Waals surface area contributed by atoms with E-state index in [2.05, 4.69) is 10.0 Å². The Balaban J connectivity index is 0.00000264. The van der Waals surface area contributed by atoms with E-state index in [1.54, 1.807) is 7.11 Å². The van der Waals surface area contributed by atoms with Gasteiger partial charge in [0.05, 0.1) is 12.4 Å².